The highest BCUT2D eigenvalue weighted by Gasteiger charge is 2.29. The van der Waals surface area contributed by atoms with Crippen LogP contribution < -0.4 is 63.3 Å². The molecule has 2 heterocycles. The molecule has 99 heavy (non-hydrogen) atoms. The van der Waals surface area contributed by atoms with Crippen LogP contribution in [0, 0.1) is 10.1 Å². The molecule has 524 valence electrons. The summed E-state index contributed by atoms with van der Waals surface area (Å²) in [5.74, 6) is 0.495. The third-order valence-electron chi connectivity index (χ3n) is 12.9. The van der Waals surface area contributed by atoms with E-state index in [1.54, 1.807) is 115 Å². The summed E-state index contributed by atoms with van der Waals surface area (Å²) in [5.41, 5.74) is 10.2. The number of phenols is 2. The number of nitrogens with one attached hydrogen (secondary N) is 9. The highest BCUT2D eigenvalue weighted by atomic mass is 32.2. The van der Waals surface area contributed by atoms with Crippen LogP contribution in [0.25, 0.3) is 42.0 Å². The van der Waals surface area contributed by atoms with Crippen molar-refractivity contribution < 1.29 is 46.3 Å². The maximum absolute atomic E-state index is 13.6. The summed E-state index contributed by atoms with van der Waals surface area (Å²) in [6.45, 7) is 19.2. The van der Waals surface area contributed by atoms with Crippen molar-refractivity contribution >= 4 is 118 Å². The van der Waals surface area contributed by atoms with Gasteiger partial charge in [-0.25, -0.2) is 45.8 Å². The van der Waals surface area contributed by atoms with E-state index in [9.17, 15) is 41.6 Å². The number of hydrogen-bond acceptors (Lipinski definition) is 19. The van der Waals surface area contributed by atoms with Gasteiger partial charge < -0.3 is 58.7 Å². The Kier molecular flexibility index (Phi) is 27.6. The first-order valence-electron chi connectivity index (χ1n) is 30.3. The number of nitrogens with zero attached hydrogens (tertiary/aromatic N) is 3. The molecule has 0 aliphatic rings. The maximum atomic E-state index is 13.6. The highest BCUT2D eigenvalue weighted by Crippen LogP contribution is 2.40. The molecule has 0 saturated heterocycles. The molecule has 3 amide bonds. The average molecular weight is 1460 g/mol. The van der Waals surface area contributed by atoms with E-state index in [4.69, 9.17) is 40.0 Å². The highest BCUT2D eigenvalue weighted by molar-refractivity contribution is 7.90. The van der Waals surface area contributed by atoms with E-state index in [1.807, 2.05) is 76.2 Å². The fraction of sp³-hybridized carbons (Fsp3) is 0.235. The molecule has 0 atom stereocenters. The number of ether oxygens (including phenoxy) is 1. The number of aromatic nitrogens is 2. The van der Waals surface area contributed by atoms with Gasteiger partial charge in [-0.1, -0.05) is 36.4 Å². The van der Waals surface area contributed by atoms with E-state index in [0.29, 0.717) is 48.3 Å². The molecule has 16 N–H and O–H groups in total. The molecule has 25 nitrogen and oxygen atoms in total. The van der Waals surface area contributed by atoms with Crippen LogP contribution in [0.1, 0.15) is 80.4 Å². The standard InChI is InChI=1S/C31H36N6O4S3.C30H32N6O6S3.C7H9NO.H3N/c1-19(2)34-30(42)36-22-10-8-21(9-11-22)28-32-18-26(43-28)25-15-12-23(16-27(25)44(40,41)37-31(3,4)5)35-29(39)33-17-20-6-13-24(38)14-7-20;1-18(2)32-28(43)33-20-8-6-19(7-9-20)27-31-17-25(44-27)24-15-10-21(16-26(24)45(40,41)35-30(3,4)5)34-29(37)42-23-13-11-22(12-14-23)36(38)39;8-5-6-1-3-7(9)4-2-6;/h6-16,18-19,37-38H,17H2,1-5H3,(H2,33,35,39)(H2,34,36,42);6-18,35H,1-5H3,(H,34,37)(H2,32,33,43);1-4,9H,5,8H2;1H3. The van der Waals surface area contributed by atoms with Crippen LogP contribution in [0.3, 0.4) is 0 Å². The second-order valence-electron chi connectivity index (χ2n) is 24.5. The predicted molar refractivity (Wildman–Crippen MR) is 403 cm³/mol. The van der Waals surface area contributed by atoms with E-state index in [0.717, 1.165) is 38.6 Å². The first kappa shape index (κ1) is 78.5. The fourth-order valence-electron chi connectivity index (χ4n) is 8.77. The minimum atomic E-state index is -4.06. The van der Waals surface area contributed by atoms with Crippen molar-refractivity contribution in [2.24, 2.45) is 5.73 Å². The van der Waals surface area contributed by atoms with Crippen molar-refractivity contribution in [2.75, 3.05) is 21.3 Å². The summed E-state index contributed by atoms with van der Waals surface area (Å²) in [7, 11) is -8.05. The lowest BCUT2D eigenvalue weighted by Gasteiger charge is -2.22. The third-order valence-corrected chi connectivity index (χ3v) is 19.1. The summed E-state index contributed by atoms with van der Waals surface area (Å²) >= 11 is 13.3. The molecule has 9 aromatic rings. The average Bonchev–Trinajstić information content (AvgIpc) is 1.67. The van der Waals surface area contributed by atoms with Crippen molar-refractivity contribution in [2.45, 2.75) is 115 Å². The second kappa shape index (κ2) is 34.8. The van der Waals surface area contributed by atoms with Gasteiger partial charge in [-0.3, -0.25) is 15.4 Å². The molecule has 0 spiro atoms. The summed E-state index contributed by atoms with van der Waals surface area (Å²) < 4.78 is 64.9. The molecule has 0 aliphatic carbocycles. The van der Waals surface area contributed by atoms with Gasteiger partial charge in [0.15, 0.2) is 10.2 Å². The fourth-order valence-corrected chi connectivity index (χ4v) is 14.9. The number of urea groups is 1. The number of phenolic OH excluding ortho intramolecular Hbond substituents is 2. The van der Waals surface area contributed by atoms with Crippen LogP contribution >= 0.6 is 47.1 Å². The number of hydrogen-bond donors (Lipinski definition) is 13. The van der Waals surface area contributed by atoms with E-state index in [-0.39, 0.29) is 63.2 Å². The van der Waals surface area contributed by atoms with Gasteiger partial charge in [0.2, 0.25) is 20.0 Å². The van der Waals surface area contributed by atoms with E-state index in [2.05, 4.69) is 56.6 Å². The molecule has 0 unspecified atom stereocenters. The summed E-state index contributed by atoms with van der Waals surface area (Å²) in [5, 5.41) is 52.1. The molecule has 0 bridgehead atoms. The Bertz CT molecular complexity index is 4490. The van der Waals surface area contributed by atoms with Crippen LogP contribution in [-0.4, -0.2) is 87.5 Å². The minimum Gasteiger partial charge on any atom is -0.508 e. The van der Waals surface area contributed by atoms with E-state index >= 15 is 0 Å². The lowest BCUT2D eigenvalue weighted by atomic mass is 10.1. The molecule has 31 heteroatoms. The van der Waals surface area contributed by atoms with Gasteiger partial charge in [0, 0.05) is 106 Å². The van der Waals surface area contributed by atoms with Crippen LogP contribution in [0.4, 0.5) is 38.0 Å². The Morgan fingerprint density at radius 1 is 0.576 bits per heavy atom. The predicted octanol–water partition coefficient (Wildman–Crippen LogP) is 14.1. The van der Waals surface area contributed by atoms with E-state index < -0.39 is 48.2 Å². The van der Waals surface area contributed by atoms with Crippen LogP contribution in [-0.2, 0) is 33.1 Å². The lowest BCUT2D eigenvalue weighted by Crippen LogP contribution is -2.40. The number of nitro benzene ring substituents is 1. The largest absolute Gasteiger partial charge is 0.508 e. The van der Waals surface area contributed by atoms with Gasteiger partial charge in [-0.05, 0) is 214 Å². The maximum Gasteiger partial charge on any atom is 0.417 e. The van der Waals surface area contributed by atoms with Crippen molar-refractivity contribution in [3.8, 4) is 59.3 Å². The molecule has 0 radical (unpaired) electrons. The van der Waals surface area contributed by atoms with Crippen molar-refractivity contribution in [1.82, 2.24) is 41.5 Å². The SMILES string of the molecule is CC(C)NC(=S)Nc1ccc(-c2ncc(-c3ccc(NC(=O)NCc4ccc(O)cc4)cc3S(=O)(=O)NC(C)(C)C)s2)cc1.CC(C)NC(=S)Nc1ccc(-c2ncc(-c3ccc(NC(=O)Oc4ccc([N+](=O)[O-])cc4)cc3S(=O)(=O)NC(C)(C)C)s2)cc1.N.NCc1ccc(O)cc1. The van der Waals surface area contributed by atoms with Gasteiger partial charge >= 0.3 is 12.1 Å². The number of rotatable bonds is 19. The Hall–Kier alpha value is -9.54. The smallest absolute Gasteiger partial charge is 0.417 e. The minimum absolute atomic E-state index is 0. The molecule has 7 aromatic carbocycles. The molecule has 0 aliphatic heterocycles. The van der Waals surface area contributed by atoms with Crippen LogP contribution in [0.15, 0.2) is 180 Å². The number of thiocarbonyl (C=S) groups is 2. The molecule has 0 saturated carbocycles. The zero-order valence-corrected chi connectivity index (χ0v) is 60.8. The number of non-ortho nitro benzene ring substituents is 1. The Morgan fingerprint density at radius 3 is 1.35 bits per heavy atom. The molecule has 9 rings (SSSR count). The quantitative estimate of drug-likeness (QED) is 0.0203. The van der Waals surface area contributed by atoms with E-state index in [1.165, 1.54) is 71.2 Å². The normalized spacial score (nSPS) is 11.3. The Labute approximate surface area is 594 Å². The monoisotopic (exact) mass is 1460 g/mol. The van der Waals surface area contributed by atoms with Crippen molar-refractivity contribution in [1.29, 1.82) is 0 Å². The lowest BCUT2D eigenvalue weighted by molar-refractivity contribution is -0.384. The number of aromatic hydroxyl groups is 2. The Morgan fingerprint density at radius 2 is 0.970 bits per heavy atom. The summed E-state index contributed by atoms with van der Waals surface area (Å²) in [6.07, 6.45) is 2.36. The third kappa shape index (κ3) is 24.7. The molecular formula is C68H80N14O11S6. The van der Waals surface area contributed by atoms with Gasteiger partial charge in [-0.2, -0.15) is 0 Å². The number of sulfonamides is 2. The zero-order valence-electron chi connectivity index (χ0n) is 55.9. The summed E-state index contributed by atoms with van der Waals surface area (Å²) in [6, 6.07) is 42.7. The number of benzene rings is 7. The first-order valence-corrected chi connectivity index (χ1v) is 35.7. The topological polar surface area (TPSA) is 390 Å². The van der Waals surface area contributed by atoms with Gasteiger partial charge in [0.1, 0.15) is 27.3 Å². The molecule has 2 aromatic heterocycles. The summed E-state index contributed by atoms with van der Waals surface area (Å²) in [4.78, 5) is 45.8. The first-order chi connectivity index (χ1) is 46.1. The molecular weight excluding hydrogens is 1380 g/mol. The number of thiazole rings is 2. The van der Waals surface area contributed by atoms with Crippen molar-refractivity contribution in [3.63, 3.8) is 0 Å². The number of amides is 3. The van der Waals surface area contributed by atoms with Crippen molar-refractivity contribution in [3.05, 3.63) is 191 Å². The van der Waals surface area contributed by atoms with Crippen LogP contribution in [0.2, 0.25) is 0 Å². The van der Waals surface area contributed by atoms with Gasteiger partial charge in [0.25, 0.3) is 5.69 Å². The number of carbonyl (C=O) groups is 2. The number of anilines is 4. The zero-order chi connectivity index (χ0) is 71.7. The van der Waals surface area contributed by atoms with Crippen LogP contribution in [0.5, 0.6) is 17.2 Å². The molecule has 0 fully saturated rings. The number of carbonyl (C=O) groups excluding carboxylic acids is 2. The Balaban J connectivity index is 0.000000274. The van der Waals surface area contributed by atoms with Gasteiger partial charge in [0.05, 0.1) is 24.5 Å². The second-order valence-corrected chi connectivity index (χ2v) is 30.6. The van der Waals surface area contributed by atoms with Gasteiger partial charge in [-0.15, -0.1) is 22.7 Å². The number of nitro groups is 1. The number of nitrogens with two attached hydrogens (primary N) is 1.